The Hall–Kier alpha value is -2.62. The number of para-hydroxylation sites is 1. The largest absolute Gasteiger partial charge is 0.481 e. The van der Waals surface area contributed by atoms with Gasteiger partial charge >= 0.3 is 5.97 Å². The van der Waals surface area contributed by atoms with Crippen LogP contribution in [-0.2, 0) is 10.2 Å². The molecule has 1 saturated carbocycles. The summed E-state index contributed by atoms with van der Waals surface area (Å²) < 4.78 is 0. The summed E-state index contributed by atoms with van der Waals surface area (Å²) in [6.45, 7) is 2.03. The lowest BCUT2D eigenvalue weighted by atomic mass is 9.61. The topological polar surface area (TPSA) is 57.6 Å². The smallest absolute Gasteiger partial charge is 0.313 e. The third kappa shape index (κ3) is 2.04. The highest BCUT2D eigenvalue weighted by Gasteiger charge is 2.60. The first-order chi connectivity index (χ1) is 13.1. The van der Waals surface area contributed by atoms with Gasteiger partial charge in [-0.15, -0.1) is 0 Å². The molecule has 2 aromatic rings. The van der Waals surface area contributed by atoms with Gasteiger partial charge in [0, 0.05) is 11.0 Å². The summed E-state index contributed by atoms with van der Waals surface area (Å²) in [5, 5.41) is 10.2. The Morgan fingerprint density at radius 3 is 2.56 bits per heavy atom. The van der Waals surface area contributed by atoms with Gasteiger partial charge in [-0.3, -0.25) is 9.59 Å². The third-order valence-electron chi connectivity index (χ3n) is 6.93. The first-order valence-corrected chi connectivity index (χ1v) is 9.82. The van der Waals surface area contributed by atoms with Crippen LogP contribution >= 0.6 is 0 Å². The molecule has 1 spiro atoms. The second kappa shape index (κ2) is 5.69. The molecule has 1 aliphatic carbocycles. The molecule has 0 radical (unpaired) electrons. The van der Waals surface area contributed by atoms with E-state index < -0.39 is 11.9 Å². The fourth-order valence-electron chi connectivity index (χ4n) is 5.90. The molecule has 1 N–H and O–H groups in total. The highest BCUT2D eigenvalue weighted by atomic mass is 16.4. The lowest BCUT2D eigenvalue weighted by Crippen LogP contribution is -2.56. The highest BCUT2D eigenvalue weighted by molar-refractivity contribution is 6.13. The van der Waals surface area contributed by atoms with Crippen molar-refractivity contribution in [2.24, 2.45) is 0 Å². The van der Waals surface area contributed by atoms with E-state index in [1.54, 1.807) is 6.07 Å². The molecule has 3 aliphatic rings. The normalized spacial score (nSPS) is 25.1. The minimum absolute atomic E-state index is 0.0499. The van der Waals surface area contributed by atoms with Crippen LogP contribution < -0.4 is 4.90 Å². The van der Waals surface area contributed by atoms with Gasteiger partial charge in [0.05, 0.1) is 11.7 Å². The number of hydrogen-bond donors (Lipinski definition) is 1. The molecule has 5 rings (SSSR count). The zero-order valence-electron chi connectivity index (χ0n) is 15.4. The number of fused-ring (bicyclic) bond motifs is 6. The van der Waals surface area contributed by atoms with Gasteiger partial charge in [0.25, 0.3) is 5.91 Å². The molecule has 0 bridgehead atoms. The molecule has 27 heavy (non-hydrogen) atoms. The fraction of sp³-hybridized carbons (Fsp3) is 0.391. The summed E-state index contributed by atoms with van der Waals surface area (Å²) in [4.78, 5) is 27.9. The summed E-state index contributed by atoms with van der Waals surface area (Å²) in [6.07, 6.45) is 5.24. The van der Waals surface area contributed by atoms with Crippen molar-refractivity contribution in [2.45, 2.75) is 56.4 Å². The van der Waals surface area contributed by atoms with Crippen LogP contribution in [0, 0.1) is 6.92 Å². The molecule has 4 heteroatoms. The molecular weight excluding hydrogens is 338 g/mol. The SMILES string of the molecule is Cc1cccc2c1N1C(=O)c3ccccc3[C@H](C(=O)O)[C@H]1C21CCCCC1. The van der Waals surface area contributed by atoms with Gasteiger partial charge in [-0.2, -0.15) is 0 Å². The maximum absolute atomic E-state index is 13.5. The Labute approximate surface area is 158 Å². The fourth-order valence-corrected chi connectivity index (χ4v) is 5.90. The Bertz CT molecular complexity index is 958. The van der Waals surface area contributed by atoms with E-state index in [0.717, 1.165) is 36.9 Å². The van der Waals surface area contributed by atoms with Crippen LogP contribution in [0.4, 0.5) is 5.69 Å². The van der Waals surface area contributed by atoms with Crippen molar-refractivity contribution in [1.82, 2.24) is 0 Å². The predicted octanol–water partition coefficient (Wildman–Crippen LogP) is 4.41. The van der Waals surface area contributed by atoms with Gasteiger partial charge in [0.2, 0.25) is 0 Å². The maximum Gasteiger partial charge on any atom is 0.313 e. The molecule has 0 unspecified atom stereocenters. The minimum Gasteiger partial charge on any atom is -0.481 e. The molecule has 2 atom stereocenters. The Morgan fingerprint density at radius 1 is 1.07 bits per heavy atom. The van der Waals surface area contributed by atoms with Crippen molar-refractivity contribution < 1.29 is 14.7 Å². The van der Waals surface area contributed by atoms with E-state index in [4.69, 9.17) is 0 Å². The van der Waals surface area contributed by atoms with Crippen molar-refractivity contribution in [3.05, 3.63) is 64.7 Å². The van der Waals surface area contributed by atoms with E-state index in [0.29, 0.717) is 11.1 Å². The highest BCUT2D eigenvalue weighted by Crippen LogP contribution is 2.59. The number of carboxylic acids is 1. The molecule has 1 fully saturated rings. The summed E-state index contributed by atoms with van der Waals surface area (Å²) in [7, 11) is 0. The van der Waals surface area contributed by atoms with Crippen LogP contribution in [0.15, 0.2) is 42.5 Å². The van der Waals surface area contributed by atoms with Gasteiger partial charge in [-0.1, -0.05) is 55.7 Å². The van der Waals surface area contributed by atoms with E-state index >= 15 is 0 Å². The van der Waals surface area contributed by atoms with Crippen LogP contribution in [0.1, 0.15) is 65.1 Å². The van der Waals surface area contributed by atoms with Gasteiger partial charge in [0.1, 0.15) is 5.92 Å². The second-order valence-electron chi connectivity index (χ2n) is 8.21. The summed E-state index contributed by atoms with van der Waals surface area (Å²) in [5.74, 6) is -1.57. The number of anilines is 1. The molecule has 2 aliphatic heterocycles. The molecule has 138 valence electrons. The zero-order valence-corrected chi connectivity index (χ0v) is 15.4. The van der Waals surface area contributed by atoms with E-state index in [9.17, 15) is 14.7 Å². The molecule has 4 nitrogen and oxygen atoms in total. The summed E-state index contributed by atoms with van der Waals surface area (Å²) >= 11 is 0. The molecular formula is C23H23NO3. The van der Waals surface area contributed by atoms with Crippen molar-refractivity contribution in [3.63, 3.8) is 0 Å². The lowest BCUT2D eigenvalue weighted by Gasteiger charge is -2.46. The number of aryl methyl sites for hydroxylation is 1. The number of carbonyl (C=O) groups excluding carboxylic acids is 1. The van der Waals surface area contributed by atoms with Gasteiger partial charge in [-0.05, 0) is 42.5 Å². The predicted molar refractivity (Wildman–Crippen MR) is 103 cm³/mol. The number of hydrogen-bond acceptors (Lipinski definition) is 2. The Morgan fingerprint density at radius 2 is 1.81 bits per heavy atom. The monoisotopic (exact) mass is 361 g/mol. The first-order valence-electron chi connectivity index (χ1n) is 9.82. The molecule has 1 amide bonds. The number of carboxylic acid groups (broad SMARTS) is 1. The van der Waals surface area contributed by atoms with Crippen molar-refractivity contribution >= 4 is 17.6 Å². The van der Waals surface area contributed by atoms with Gasteiger partial charge < -0.3 is 10.0 Å². The third-order valence-corrected chi connectivity index (χ3v) is 6.93. The number of aliphatic carboxylic acids is 1. The number of rotatable bonds is 1. The van der Waals surface area contributed by atoms with Crippen LogP contribution in [0.2, 0.25) is 0 Å². The summed E-state index contributed by atoms with van der Waals surface area (Å²) in [5.41, 5.74) is 4.13. The number of benzene rings is 2. The van der Waals surface area contributed by atoms with Gasteiger partial charge in [-0.25, -0.2) is 0 Å². The molecule has 2 aromatic carbocycles. The molecule has 0 saturated heterocycles. The minimum atomic E-state index is -0.833. The Balaban J connectivity index is 1.83. The lowest BCUT2D eigenvalue weighted by molar-refractivity contribution is -0.140. The first kappa shape index (κ1) is 16.5. The van der Waals surface area contributed by atoms with E-state index in [2.05, 4.69) is 12.1 Å². The van der Waals surface area contributed by atoms with Crippen LogP contribution in [0.5, 0.6) is 0 Å². The zero-order chi connectivity index (χ0) is 18.8. The molecule has 2 heterocycles. The van der Waals surface area contributed by atoms with Crippen LogP contribution in [0.25, 0.3) is 0 Å². The number of amides is 1. The number of carbonyl (C=O) groups is 2. The van der Waals surface area contributed by atoms with E-state index in [-0.39, 0.29) is 17.4 Å². The average Bonchev–Trinajstić information content (AvgIpc) is 2.94. The van der Waals surface area contributed by atoms with Gasteiger partial charge in [0.15, 0.2) is 0 Å². The Kier molecular flexibility index (Phi) is 3.48. The van der Waals surface area contributed by atoms with Crippen molar-refractivity contribution in [3.8, 4) is 0 Å². The summed E-state index contributed by atoms with van der Waals surface area (Å²) in [6, 6.07) is 13.1. The van der Waals surface area contributed by atoms with E-state index in [1.165, 1.54) is 12.0 Å². The molecule has 0 aromatic heterocycles. The van der Waals surface area contributed by atoms with E-state index in [1.807, 2.05) is 36.1 Å². The van der Waals surface area contributed by atoms with Crippen LogP contribution in [-0.4, -0.2) is 23.0 Å². The quantitative estimate of drug-likeness (QED) is 0.819. The van der Waals surface area contributed by atoms with Crippen molar-refractivity contribution in [1.29, 1.82) is 0 Å². The van der Waals surface area contributed by atoms with Crippen LogP contribution in [0.3, 0.4) is 0 Å². The van der Waals surface area contributed by atoms with Crippen molar-refractivity contribution in [2.75, 3.05) is 4.90 Å². The second-order valence-corrected chi connectivity index (χ2v) is 8.21. The maximum atomic E-state index is 13.5. The number of nitrogens with zero attached hydrogens (tertiary/aromatic N) is 1. The average molecular weight is 361 g/mol. The standard InChI is InChI=1S/C23H23NO3/c1-14-8-7-11-17-19(14)24-20(23(17)12-5-2-6-13-23)18(22(26)27)15-9-3-4-10-16(15)21(24)25/h3-4,7-11,18,20H,2,5-6,12-13H2,1H3,(H,26,27)/t18-,20-/m0/s1.